The lowest BCUT2D eigenvalue weighted by atomic mass is 10.2. The summed E-state index contributed by atoms with van der Waals surface area (Å²) in [5, 5.41) is 8.27. The van der Waals surface area contributed by atoms with Crippen LogP contribution in [0.15, 0.2) is 6.07 Å². The van der Waals surface area contributed by atoms with Crippen molar-refractivity contribution in [3.05, 3.63) is 27.8 Å². The molecule has 9 heteroatoms. The van der Waals surface area contributed by atoms with Gasteiger partial charge in [0.05, 0.1) is 6.37 Å². The van der Waals surface area contributed by atoms with E-state index in [-0.39, 0.29) is 5.28 Å². The van der Waals surface area contributed by atoms with E-state index >= 15 is 0 Å². The van der Waals surface area contributed by atoms with Crippen LogP contribution in [0.5, 0.6) is 0 Å². The first-order chi connectivity index (χ1) is 9.58. The number of anilines is 2. The van der Waals surface area contributed by atoms with Crippen LogP contribution in [0.2, 0.25) is 10.4 Å². The third kappa shape index (κ3) is 3.03. The average molecular weight is 442 g/mol. The molecular weight excluding hydrogens is 431 g/mol. The number of hydrogen-bond donors (Lipinski definition) is 1. The maximum Gasteiger partial charge on any atom is 0.225 e. The molecular formula is C11H11Cl2IN5P. The lowest BCUT2D eigenvalue weighted by Crippen LogP contribution is -2.02. The largest absolute Gasteiger partial charge is 0.323 e. The highest BCUT2D eigenvalue weighted by Gasteiger charge is 2.30. The zero-order valence-corrected chi connectivity index (χ0v) is 15.2. The van der Waals surface area contributed by atoms with Crippen LogP contribution in [0.1, 0.15) is 30.0 Å². The van der Waals surface area contributed by atoms with Gasteiger partial charge in [-0.05, 0) is 59.3 Å². The molecule has 2 aromatic heterocycles. The predicted octanol–water partition coefficient (Wildman–Crippen LogP) is 4.70. The Balaban J connectivity index is 1.96. The maximum atomic E-state index is 6.20. The van der Waals surface area contributed by atoms with Crippen molar-refractivity contribution in [3.8, 4) is 0 Å². The minimum atomic E-state index is 0.147. The second kappa shape index (κ2) is 5.91. The van der Waals surface area contributed by atoms with Gasteiger partial charge < -0.3 is 5.32 Å². The summed E-state index contributed by atoms with van der Waals surface area (Å²) in [5.74, 6) is 1.84. The van der Waals surface area contributed by atoms with E-state index in [1.54, 1.807) is 0 Å². The molecule has 1 saturated carbocycles. The van der Waals surface area contributed by atoms with Crippen molar-refractivity contribution in [1.29, 1.82) is 0 Å². The molecule has 0 aromatic carbocycles. The third-order valence-electron chi connectivity index (χ3n) is 3.07. The standard InChI is InChI=1S/C11H11Cl2IN5P/c1-5-4-7(18-19(5)20-14)15-10-8(6-2-3-6)9(12)16-11(13)17-10/h4,6,20H,2-3H2,1H3,(H,15,16,17,18). The molecule has 1 atom stereocenters. The molecule has 106 valence electrons. The number of aromatic nitrogens is 4. The molecule has 1 unspecified atom stereocenters. The number of nitrogens with zero attached hydrogens (tertiary/aromatic N) is 4. The fraction of sp³-hybridized carbons (Fsp3) is 0.364. The van der Waals surface area contributed by atoms with Gasteiger partial charge in [0.25, 0.3) is 0 Å². The van der Waals surface area contributed by atoms with Crippen molar-refractivity contribution in [2.75, 3.05) is 5.32 Å². The first-order valence-corrected chi connectivity index (χ1v) is 10.8. The smallest absolute Gasteiger partial charge is 0.225 e. The molecule has 5 nitrogen and oxygen atoms in total. The molecule has 1 aliphatic carbocycles. The van der Waals surface area contributed by atoms with Crippen LogP contribution in [-0.4, -0.2) is 19.5 Å². The molecule has 2 heterocycles. The highest BCUT2D eigenvalue weighted by atomic mass is 127. The van der Waals surface area contributed by atoms with Crippen molar-refractivity contribution < 1.29 is 0 Å². The summed E-state index contributed by atoms with van der Waals surface area (Å²) in [5.41, 5.74) is 2.04. The van der Waals surface area contributed by atoms with Crippen LogP contribution >= 0.6 is 51.6 Å². The summed E-state index contributed by atoms with van der Waals surface area (Å²) < 4.78 is 1.93. The van der Waals surface area contributed by atoms with Gasteiger partial charge in [0, 0.05) is 17.3 Å². The summed E-state index contributed by atoms with van der Waals surface area (Å²) in [4.78, 5) is 8.30. The highest BCUT2D eigenvalue weighted by Crippen LogP contribution is 2.46. The quantitative estimate of drug-likeness (QED) is 0.323. The molecule has 20 heavy (non-hydrogen) atoms. The SMILES string of the molecule is Cc1cc(Nc2nc(Cl)nc(Cl)c2C2CC2)nn1PI. The van der Waals surface area contributed by atoms with Gasteiger partial charge in [-0.1, -0.05) is 11.6 Å². The van der Waals surface area contributed by atoms with E-state index in [1.165, 1.54) is 0 Å². The molecule has 0 aliphatic heterocycles. The molecule has 1 fully saturated rings. The Labute approximate surface area is 141 Å². The van der Waals surface area contributed by atoms with E-state index in [0.29, 0.717) is 23.3 Å². The average Bonchev–Trinajstić information content (AvgIpc) is 3.13. The lowest BCUT2D eigenvalue weighted by Gasteiger charge is -2.10. The van der Waals surface area contributed by atoms with E-state index in [4.69, 9.17) is 23.2 Å². The first-order valence-electron chi connectivity index (χ1n) is 6.01. The molecule has 3 rings (SSSR count). The molecule has 1 N–H and O–H groups in total. The summed E-state index contributed by atoms with van der Waals surface area (Å²) in [6, 6.07) is 1.98. The molecule has 0 spiro atoms. The van der Waals surface area contributed by atoms with E-state index in [2.05, 4.69) is 42.4 Å². The van der Waals surface area contributed by atoms with Gasteiger partial charge in [0.15, 0.2) is 5.82 Å². The predicted molar refractivity (Wildman–Crippen MR) is 92.0 cm³/mol. The van der Waals surface area contributed by atoms with Gasteiger partial charge in [-0.2, -0.15) is 5.10 Å². The van der Waals surface area contributed by atoms with E-state index in [0.717, 1.165) is 29.9 Å². The van der Waals surface area contributed by atoms with E-state index < -0.39 is 0 Å². The van der Waals surface area contributed by atoms with Crippen LogP contribution in [0.25, 0.3) is 0 Å². The highest BCUT2D eigenvalue weighted by molar-refractivity contribution is 14.2. The Hall–Kier alpha value is -0.170. The van der Waals surface area contributed by atoms with Crippen molar-refractivity contribution in [2.24, 2.45) is 0 Å². The van der Waals surface area contributed by atoms with Crippen molar-refractivity contribution in [2.45, 2.75) is 25.7 Å². The molecule has 0 amide bonds. The van der Waals surface area contributed by atoms with Gasteiger partial charge in [-0.15, -0.1) is 0 Å². The van der Waals surface area contributed by atoms with Crippen molar-refractivity contribution in [3.63, 3.8) is 0 Å². The van der Waals surface area contributed by atoms with Crippen LogP contribution < -0.4 is 5.32 Å². The third-order valence-corrected chi connectivity index (χ3v) is 5.51. The second-order valence-electron chi connectivity index (χ2n) is 4.61. The Bertz CT molecular complexity index is 659. The number of nitrogens with one attached hydrogen (secondary N) is 1. The summed E-state index contributed by atoms with van der Waals surface area (Å²) in [6.07, 6.45) is 2.79. The minimum absolute atomic E-state index is 0.147. The fourth-order valence-electron chi connectivity index (χ4n) is 1.99. The Morgan fingerprint density at radius 2 is 2.15 bits per heavy atom. The summed E-state index contributed by atoms with van der Waals surface area (Å²) >= 11 is 14.4. The van der Waals surface area contributed by atoms with Crippen LogP contribution in [-0.2, 0) is 0 Å². The van der Waals surface area contributed by atoms with E-state index in [1.807, 2.05) is 17.4 Å². The van der Waals surface area contributed by atoms with E-state index in [9.17, 15) is 0 Å². The number of rotatable bonds is 4. The number of hydrogen-bond acceptors (Lipinski definition) is 4. The monoisotopic (exact) mass is 441 g/mol. The van der Waals surface area contributed by atoms with Crippen LogP contribution in [0, 0.1) is 6.92 Å². The zero-order valence-electron chi connectivity index (χ0n) is 10.5. The molecule has 0 bridgehead atoms. The lowest BCUT2D eigenvalue weighted by molar-refractivity contribution is 0.968. The van der Waals surface area contributed by atoms with Gasteiger partial charge in [0.2, 0.25) is 5.28 Å². The van der Waals surface area contributed by atoms with Gasteiger partial charge in [0.1, 0.15) is 11.0 Å². The van der Waals surface area contributed by atoms with Gasteiger partial charge in [-0.3, -0.25) is 0 Å². The summed E-state index contributed by atoms with van der Waals surface area (Å²) in [6.45, 7) is 2.02. The van der Waals surface area contributed by atoms with Crippen molar-refractivity contribution in [1.82, 2.24) is 19.5 Å². The Morgan fingerprint density at radius 1 is 1.40 bits per heavy atom. The fourth-order valence-corrected chi connectivity index (χ4v) is 4.33. The molecule has 1 aliphatic rings. The van der Waals surface area contributed by atoms with Gasteiger partial charge in [-0.25, -0.2) is 14.4 Å². The Kier molecular flexibility index (Phi) is 4.36. The second-order valence-corrected chi connectivity index (χ2v) is 7.35. The summed E-state index contributed by atoms with van der Waals surface area (Å²) in [7, 11) is 0. The number of aryl methyl sites for hydroxylation is 1. The molecule has 2 aromatic rings. The zero-order chi connectivity index (χ0) is 14.3. The minimum Gasteiger partial charge on any atom is -0.323 e. The van der Waals surface area contributed by atoms with Crippen LogP contribution in [0.3, 0.4) is 0 Å². The normalized spacial score (nSPS) is 15.2. The topological polar surface area (TPSA) is 55.6 Å². The first kappa shape index (κ1) is 14.8. The van der Waals surface area contributed by atoms with Crippen molar-refractivity contribution >= 4 is 63.3 Å². The van der Waals surface area contributed by atoms with Crippen LogP contribution in [0.4, 0.5) is 11.6 Å². The van der Waals surface area contributed by atoms with Gasteiger partial charge >= 0.3 is 0 Å². The number of halogens is 3. The molecule has 0 saturated heterocycles. The Morgan fingerprint density at radius 3 is 2.75 bits per heavy atom. The maximum absolute atomic E-state index is 6.20. The molecule has 0 radical (unpaired) electrons.